The monoisotopic (exact) mass is 318 g/mol. The number of ether oxygens (including phenoxy) is 1. The molecule has 0 bridgehead atoms. The fourth-order valence-corrected chi connectivity index (χ4v) is 3.29. The molecule has 2 rings (SSSR count). The van der Waals surface area contributed by atoms with Crippen molar-refractivity contribution in [2.24, 2.45) is 0 Å². The van der Waals surface area contributed by atoms with E-state index in [1.165, 1.54) is 27.8 Å². The zero-order valence-corrected chi connectivity index (χ0v) is 13.4. The highest BCUT2D eigenvalue weighted by Gasteiger charge is 2.15. The molecule has 0 amide bonds. The lowest BCUT2D eigenvalue weighted by Gasteiger charge is -2.17. The van der Waals surface area contributed by atoms with Crippen LogP contribution in [0, 0.1) is 20.8 Å². The number of rotatable bonds is 3. The van der Waals surface area contributed by atoms with Gasteiger partial charge >= 0.3 is 0 Å². The largest absolute Gasteiger partial charge is 0.497 e. The SMILES string of the molecule is COc1ccc(C(Br)c2cccc(C)c2C)c(C)c1. The number of methoxy groups -OCH3 is 1. The van der Waals surface area contributed by atoms with E-state index >= 15 is 0 Å². The summed E-state index contributed by atoms with van der Waals surface area (Å²) in [5.74, 6) is 0.905. The molecule has 0 spiro atoms. The van der Waals surface area contributed by atoms with Gasteiger partial charge in [0, 0.05) is 0 Å². The van der Waals surface area contributed by atoms with Crippen molar-refractivity contribution in [3.05, 3.63) is 64.2 Å². The summed E-state index contributed by atoms with van der Waals surface area (Å²) in [6.07, 6.45) is 0. The summed E-state index contributed by atoms with van der Waals surface area (Å²) >= 11 is 3.84. The maximum absolute atomic E-state index is 5.26. The van der Waals surface area contributed by atoms with Crippen LogP contribution in [0.4, 0.5) is 0 Å². The first-order valence-corrected chi connectivity index (χ1v) is 7.31. The van der Waals surface area contributed by atoms with Crippen molar-refractivity contribution in [2.45, 2.75) is 25.6 Å². The number of aryl methyl sites for hydroxylation is 2. The first-order chi connectivity index (χ1) is 9.04. The molecule has 0 fully saturated rings. The summed E-state index contributed by atoms with van der Waals surface area (Å²) in [4.78, 5) is 0.221. The molecule has 0 aliphatic heterocycles. The number of alkyl halides is 1. The van der Waals surface area contributed by atoms with Crippen LogP contribution in [0.3, 0.4) is 0 Å². The van der Waals surface area contributed by atoms with Gasteiger partial charge in [-0.25, -0.2) is 0 Å². The van der Waals surface area contributed by atoms with E-state index in [1.54, 1.807) is 7.11 Å². The van der Waals surface area contributed by atoms with Crippen molar-refractivity contribution in [2.75, 3.05) is 7.11 Å². The topological polar surface area (TPSA) is 9.23 Å². The predicted octanol–water partition coefficient (Wildman–Crippen LogP) is 5.10. The molecule has 1 atom stereocenters. The molecule has 19 heavy (non-hydrogen) atoms. The third-order valence-corrected chi connectivity index (χ3v) is 4.66. The van der Waals surface area contributed by atoms with Crippen molar-refractivity contribution in [3.63, 3.8) is 0 Å². The summed E-state index contributed by atoms with van der Waals surface area (Å²) in [7, 11) is 1.70. The van der Waals surface area contributed by atoms with Gasteiger partial charge in [-0.2, -0.15) is 0 Å². The number of hydrogen-bond acceptors (Lipinski definition) is 1. The highest BCUT2D eigenvalue weighted by Crippen LogP contribution is 2.36. The summed E-state index contributed by atoms with van der Waals surface area (Å²) in [5, 5.41) is 0. The molecule has 0 radical (unpaired) electrons. The molecule has 0 saturated heterocycles. The van der Waals surface area contributed by atoms with Crippen LogP contribution in [-0.4, -0.2) is 7.11 Å². The van der Waals surface area contributed by atoms with Gasteiger partial charge in [0.25, 0.3) is 0 Å². The number of halogens is 1. The third-order valence-electron chi connectivity index (χ3n) is 3.67. The Balaban J connectivity index is 2.44. The van der Waals surface area contributed by atoms with Gasteiger partial charge in [0.15, 0.2) is 0 Å². The molecule has 0 N–H and O–H groups in total. The molecule has 0 aliphatic rings. The molecule has 0 saturated carbocycles. The first-order valence-electron chi connectivity index (χ1n) is 6.39. The van der Waals surface area contributed by atoms with Crippen LogP contribution >= 0.6 is 15.9 Å². The van der Waals surface area contributed by atoms with Crippen LogP contribution in [0.1, 0.15) is 32.6 Å². The third kappa shape index (κ3) is 2.84. The van der Waals surface area contributed by atoms with Gasteiger partial charge in [-0.1, -0.05) is 40.2 Å². The van der Waals surface area contributed by atoms with Crippen LogP contribution in [0.15, 0.2) is 36.4 Å². The molecule has 0 aliphatic carbocycles. The Hall–Kier alpha value is -1.28. The van der Waals surface area contributed by atoms with E-state index in [0.29, 0.717) is 0 Å². The lowest BCUT2D eigenvalue weighted by Crippen LogP contribution is -2.00. The normalized spacial score (nSPS) is 12.3. The molecule has 1 nitrogen and oxygen atoms in total. The lowest BCUT2D eigenvalue weighted by atomic mass is 9.95. The highest BCUT2D eigenvalue weighted by atomic mass is 79.9. The quantitative estimate of drug-likeness (QED) is 0.715. The molecule has 0 aromatic heterocycles. The van der Waals surface area contributed by atoms with Gasteiger partial charge in [0.2, 0.25) is 0 Å². The Bertz CT molecular complexity index is 590. The smallest absolute Gasteiger partial charge is 0.119 e. The summed E-state index contributed by atoms with van der Waals surface area (Å²) in [5.41, 5.74) is 6.53. The zero-order valence-electron chi connectivity index (χ0n) is 11.8. The predicted molar refractivity (Wildman–Crippen MR) is 84.4 cm³/mol. The average Bonchev–Trinajstić information content (AvgIpc) is 2.41. The van der Waals surface area contributed by atoms with Crippen molar-refractivity contribution in [1.82, 2.24) is 0 Å². The second-order valence-electron chi connectivity index (χ2n) is 4.87. The summed E-state index contributed by atoms with van der Waals surface area (Å²) in [6, 6.07) is 12.7. The fourth-order valence-electron chi connectivity index (χ4n) is 2.28. The minimum Gasteiger partial charge on any atom is -0.497 e. The highest BCUT2D eigenvalue weighted by molar-refractivity contribution is 9.09. The first kappa shape index (κ1) is 14.1. The van der Waals surface area contributed by atoms with Gasteiger partial charge in [0.1, 0.15) is 5.75 Å². The molecule has 0 heterocycles. The van der Waals surface area contributed by atoms with E-state index in [-0.39, 0.29) is 4.83 Å². The van der Waals surface area contributed by atoms with Crippen molar-refractivity contribution in [1.29, 1.82) is 0 Å². The summed E-state index contributed by atoms with van der Waals surface area (Å²) in [6.45, 7) is 6.45. The van der Waals surface area contributed by atoms with Crippen molar-refractivity contribution >= 4 is 15.9 Å². The molecular weight excluding hydrogens is 300 g/mol. The van der Waals surface area contributed by atoms with Crippen molar-refractivity contribution in [3.8, 4) is 5.75 Å². The van der Waals surface area contributed by atoms with Crippen LogP contribution in [0.25, 0.3) is 0 Å². The molecule has 100 valence electrons. The molecular formula is C17H19BrO. The lowest BCUT2D eigenvalue weighted by molar-refractivity contribution is 0.414. The maximum atomic E-state index is 5.26. The zero-order chi connectivity index (χ0) is 14.0. The van der Waals surface area contributed by atoms with Gasteiger partial charge in [0.05, 0.1) is 11.9 Å². The van der Waals surface area contributed by atoms with E-state index in [4.69, 9.17) is 4.74 Å². The Morgan fingerprint density at radius 2 is 1.68 bits per heavy atom. The fraction of sp³-hybridized carbons (Fsp3) is 0.294. The Labute approximate surface area is 123 Å². The number of hydrogen-bond donors (Lipinski definition) is 0. The van der Waals surface area contributed by atoms with Crippen LogP contribution in [0.2, 0.25) is 0 Å². The van der Waals surface area contributed by atoms with E-state index in [1.807, 2.05) is 6.07 Å². The molecule has 1 unspecified atom stereocenters. The molecule has 2 heteroatoms. The Morgan fingerprint density at radius 1 is 0.947 bits per heavy atom. The van der Waals surface area contributed by atoms with Crippen LogP contribution in [-0.2, 0) is 0 Å². The van der Waals surface area contributed by atoms with Gasteiger partial charge in [-0.15, -0.1) is 0 Å². The minimum absolute atomic E-state index is 0.221. The van der Waals surface area contributed by atoms with E-state index in [9.17, 15) is 0 Å². The van der Waals surface area contributed by atoms with Crippen molar-refractivity contribution < 1.29 is 4.74 Å². The minimum atomic E-state index is 0.221. The van der Waals surface area contributed by atoms with E-state index in [2.05, 4.69) is 67.0 Å². The van der Waals surface area contributed by atoms with Gasteiger partial charge in [-0.3, -0.25) is 0 Å². The maximum Gasteiger partial charge on any atom is 0.119 e. The number of benzene rings is 2. The summed E-state index contributed by atoms with van der Waals surface area (Å²) < 4.78 is 5.26. The van der Waals surface area contributed by atoms with E-state index in [0.717, 1.165) is 5.75 Å². The molecule has 2 aromatic carbocycles. The van der Waals surface area contributed by atoms with Crippen LogP contribution in [0.5, 0.6) is 5.75 Å². The second-order valence-corrected chi connectivity index (χ2v) is 5.79. The van der Waals surface area contributed by atoms with Gasteiger partial charge < -0.3 is 4.74 Å². The Morgan fingerprint density at radius 3 is 2.32 bits per heavy atom. The van der Waals surface area contributed by atoms with Crippen LogP contribution < -0.4 is 4.74 Å². The second kappa shape index (κ2) is 5.79. The average molecular weight is 319 g/mol. The van der Waals surface area contributed by atoms with E-state index < -0.39 is 0 Å². The van der Waals surface area contributed by atoms with Gasteiger partial charge in [-0.05, 0) is 60.7 Å². The Kier molecular flexibility index (Phi) is 4.31. The standard InChI is InChI=1S/C17H19BrO/c1-11-6-5-7-16(13(11)3)17(18)15-9-8-14(19-4)10-12(15)2/h5-10,17H,1-4H3. The molecule has 2 aromatic rings.